The molecule has 2 amide bonds. The van der Waals surface area contributed by atoms with Gasteiger partial charge in [-0.3, -0.25) is 14.6 Å². The maximum atomic E-state index is 13.3. The second kappa shape index (κ2) is 9.13. The van der Waals surface area contributed by atoms with E-state index in [1.165, 1.54) is 0 Å². The Balaban J connectivity index is 1.61. The van der Waals surface area contributed by atoms with Gasteiger partial charge in [-0.05, 0) is 32.0 Å². The summed E-state index contributed by atoms with van der Waals surface area (Å²) in [4.78, 5) is 44.9. The lowest BCUT2D eigenvalue weighted by atomic mass is 10.0. The Hall–Kier alpha value is -3.55. The van der Waals surface area contributed by atoms with E-state index in [1.54, 1.807) is 18.1 Å². The normalized spacial score (nSPS) is 16.0. The van der Waals surface area contributed by atoms with Crippen molar-refractivity contribution in [2.45, 2.75) is 38.8 Å². The van der Waals surface area contributed by atoms with Gasteiger partial charge in [-0.15, -0.1) is 0 Å². The van der Waals surface area contributed by atoms with Crippen LogP contribution in [0.2, 0.25) is 0 Å². The number of amides is 2. The van der Waals surface area contributed by atoms with E-state index in [0.29, 0.717) is 24.4 Å². The van der Waals surface area contributed by atoms with Crippen LogP contribution >= 0.6 is 0 Å². The van der Waals surface area contributed by atoms with Crippen molar-refractivity contribution in [3.8, 4) is 0 Å². The molecule has 1 aromatic carbocycles. The molecule has 3 heterocycles. The monoisotopic (exact) mass is 446 g/mol. The van der Waals surface area contributed by atoms with Crippen molar-refractivity contribution in [3.63, 3.8) is 0 Å². The van der Waals surface area contributed by atoms with Crippen LogP contribution in [0.25, 0.3) is 10.9 Å². The van der Waals surface area contributed by atoms with E-state index in [2.05, 4.69) is 9.97 Å². The zero-order valence-corrected chi connectivity index (χ0v) is 19.8. The van der Waals surface area contributed by atoms with Crippen LogP contribution in [0.15, 0.2) is 42.6 Å². The number of rotatable bonds is 6. The molecule has 8 heteroatoms. The number of anilines is 1. The predicted molar refractivity (Wildman–Crippen MR) is 128 cm³/mol. The first-order chi connectivity index (χ1) is 15.7. The number of hydrogen-bond donors (Lipinski definition) is 0. The zero-order chi connectivity index (χ0) is 23.7. The third kappa shape index (κ3) is 4.65. The molecule has 1 aliphatic heterocycles. The van der Waals surface area contributed by atoms with Crippen molar-refractivity contribution >= 4 is 28.5 Å². The molecular weight excluding hydrogens is 416 g/mol. The van der Waals surface area contributed by atoms with Gasteiger partial charge in [0.2, 0.25) is 5.91 Å². The number of fused-ring (bicyclic) bond motifs is 1. The van der Waals surface area contributed by atoms with Gasteiger partial charge in [0.15, 0.2) is 0 Å². The number of benzene rings is 1. The van der Waals surface area contributed by atoms with Crippen molar-refractivity contribution in [2.24, 2.45) is 0 Å². The van der Waals surface area contributed by atoms with Crippen molar-refractivity contribution in [1.82, 2.24) is 24.8 Å². The zero-order valence-electron chi connectivity index (χ0n) is 19.8. The summed E-state index contributed by atoms with van der Waals surface area (Å²) in [7, 11) is 5.60. The number of hydrogen-bond acceptors (Lipinski definition) is 6. The maximum Gasteiger partial charge on any atom is 0.254 e. The first-order valence-electron chi connectivity index (χ1n) is 11.2. The van der Waals surface area contributed by atoms with E-state index in [0.717, 1.165) is 22.4 Å². The van der Waals surface area contributed by atoms with Gasteiger partial charge in [0, 0.05) is 69.3 Å². The quantitative estimate of drug-likeness (QED) is 0.579. The molecule has 2 aromatic heterocycles. The summed E-state index contributed by atoms with van der Waals surface area (Å²) in [6, 6.07) is 11.4. The molecule has 1 aliphatic rings. The Morgan fingerprint density at radius 3 is 2.64 bits per heavy atom. The lowest BCUT2D eigenvalue weighted by Gasteiger charge is -2.22. The highest BCUT2D eigenvalue weighted by atomic mass is 16.2. The highest BCUT2D eigenvalue weighted by Crippen LogP contribution is 2.30. The molecule has 0 bridgehead atoms. The molecule has 8 nitrogen and oxygen atoms in total. The number of nitrogens with zero attached hydrogens (tertiary/aromatic N) is 6. The van der Waals surface area contributed by atoms with Gasteiger partial charge >= 0.3 is 0 Å². The minimum Gasteiger partial charge on any atom is -0.363 e. The smallest absolute Gasteiger partial charge is 0.254 e. The first-order valence-corrected chi connectivity index (χ1v) is 11.2. The molecule has 3 aromatic rings. The van der Waals surface area contributed by atoms with E-state index < -0.39 is 0 Å². The largest absolute Gasteiger partial charge is 0.363 e. The fourth-order valence-electron chi connectivity index (χ4n) is 4.22. The summed E-state index contributed by atoms with van der Waals surface area (Å²) in [6.07, 6.45) is 2.16. The molecule has 0 spiro atoms. The van der Waals surface area contributed by atoms with Crippen molar-refractivity contribution in [2.75, 3.05) is 32.6 Å². The van der Waals surface area contributed by atoms with Gasteiger partial charge in [-0.2, -0.15) is 0 Å². The Labute approximate surface area is 194 Å². The molecule has 33 heavy (non-hydrogen) atoms. The predicted octanol–water partition coefficient (Wildman–Crippen LogP) is 3.09. The molecule has 0 radical (unpaired) electrons. The Morgan fingerprint density at radius 2 is 1.94 bits per heavy atom. The van der Waals surface area contributed by atoms with Crippen LogP contribution in [0.1, 0.15) is 48.1 Å². The number of carbonyl (C=O) groups is 2. The molecule has 172 valence electrons. The maximum absolute atomic E-state index is 13.3. The SMILES string of the molecule is CC(C)N1C[C@@H](c2cc(N(C)C)nc(CN(C)C(=O)c3cccc4ncccc34)n2)CC1=O. The van der Waals surface area contributed by atoms with E-state index in [1.807, 2.05) is 74.1 Å². The number of carbonyl (C=O) groups excluding carboxylic acids is 2. The minimum atomic E-state index is -0.115. The average molecular weight is 447 g/mol. The van der Waals surface area contributed by atoms with Gasteiger partial charge < -0.3 is 14.7 Å². The van der Waals surface area contributed by atoms with Gasteiger partial charge in [-0.25, -0.2) is 9.97 Å². The third-order valence-corrected chi connectivity index (χ3v) is 6.04. The number of aromatic nitrogens is 3. The van der Waals surface area contributed by atoms with Gasteiger partial charge in [0.25, 0.3) is 5.91 Å². The summed E-state index contributed by atoms with van der Waals surface area (Å²) in [5.41, 5.74) is 2.22. The van der Waals surface area contributed by atoms with E-state index in [-0.39, 0.29) is 30.3 Å². The molecule has 0 unspecified atom stereocenters. The van der Waals surface area contributed by atoms with Crippen molar-refractivity contribution < 1.29 is 9.59 Å². The summed E-state index contributed by atoms with van der Waals surface area (Å²) in [5.74, 6) is 1.38. The molecule has 0 saturated carbocycles. The summed E-state index contributed by atoms with van der Waals surface area (Å²) in [6.45, 7) is 4.97. The van der Waals surface area contributed by atoms with E-state index in [9.17, 15) is 9.59 Å². The molecule has 1 fully saturated rings. The Morgan fingerprint density at radius 1 is 1.15 bits per heavy atom. The van der Waals surface area contributed by atoms with Crippen LogP contribution in [-0.4, -0.2) is 70.3 Å². The second-order valence-corrected chi connectivity index (χ2v) is 9.04. The Bertz CT molecular complexity index is 1190. The standard InChI is InChI=1S/C25H30N6O2/c1-16(2)31-14-17(12-24(31)32)21-13-23(29(3)4)28-22(27-21)15-30(5)25(33)19-8-6-10-20-18(19)9-7-11-26-20/h6-11,13,16-17H,12,14-15H2,1-5H3/t17-/m0/s1. The third-order valence-electron chi connectivity index (χ3n) is 6.04. The van der Waals surface area contributed by atoms with Crippen LogP contribution in [0.5, 0.6) is 0 Å². The number of likely N-dealkylation sites (tertiary alicyclic amines) is 1. The molecular formula is C25H30N6O2. The first kappa shape index (κ1) is 22.6. The lowest BCUT2D eigenvalue weighted by molar-refractivity contribution is -0.129. The second-order valence-electron chi connectivity index (χ2n) is 9.04. The van der Waals surface area contributed by atoms with Gasteiger partial charge in [-0.1, -0.05) is 12.1 Å². The Kier molecular flexibility index (Phi) is 6.26. The highest BCUT2D eigenvalue weighted by molar-refractivity contribution is 6.05. The van der Waals surface area contributed by atoms with E-state index in [4.69, 9.17) is 4.98 Å². The van der Waals surface area contributed by atoms with Gasteiger partial charge in [0.05, 0.1) is 17.8 Å². The molecule has 0 aliphatic carbocycles. The van der Waals surface area contributed by atoms with Crippen molar-refractivity contribution in [1.29, 1.82) is 0 Å². The van der Waals surface area contributed by atoms with Crippen molar-refractivity contribution in [3.05, 3.63) is 59.7 Å². The summed E-state index contributed by atoms with van der Waals surface area (Å²) >= 11 is 0. The minimum absolute atomic E-state index is 0.0190. The van der Waals surface area contributed by atoms with E-state index >= 15 is 0 Å². The van der Waals surface area contributed by atoms with Crippen LogP contribution in [0, 0.1) is 0 Å². The van der Waals surface area contributed by atoms with Crippen LogP contribution in [0.4, 0.5) is 5.82 Å². The molecule has 4 rings (SSSR count). The summed E-state index contributed by atoms with van der Waals surface area (Å²) < 4.78 is 0. The highest BCUT2D eigenvalue weighted by Gasteiger charge is 2.33. The topological polar surface area (TPSA) is 82.5 Å². The van der Waals surface area contributed by atoms with Crippen LogP contribution < -0.4 is 4.90 Å². The summed E-state index contributed by atoms with van der Waals surface area (Å²) in [5, 5.41) is 0.818. The lowest BCUT2D eigenvalue weighted by Crippen LogP contribution is -2.32. The average Bonchev–Trinajstić information content (AvgIpc) is 3.20. The molecule has 1 saturated heterocycles. The van der Waals surface area contributed by atoms with Crippen LogP contribution in [-0.2, 0) is 11.3 Å². The molecule has 0 N–H and O–H groups in total. The fourth-order valence-corrected chi connectivity index (χ4v) is 4.22. The molecule has 1 atom stereocenters. The number of pyridine rings is 1. The van der Waals surface area contributed by atoms with Crippen LogP contribution in [0.3, 0.4) is 0 Å². The van der Waals surface area contributed by atoms with Gasteiger partial charge in [0.1, 0.15) is 11.6 Å². The fraction of sp³-hybridized carbons (Fsp3) is 0.400.